The van der Waals surface area contributed by atoms with Gasteiger partial charge in [0.25, 0.3) is 0 Å². The minimum atomic E-state index is -0.836. The first kappa shape index (κ1) is 15.0. The van der Waals surface area contributed by atoms with Crippen LogP contribution in [0.4, 0.5) is 10.6 Å². The molecule has 7 heteroatoms. The van der Waals surface area contributed by atoms with Crippen LogP contribution < -0.4 is 11.2 Å². The number of ether oxygens (including phenoxy) is 1. The number of hydrogen-bond donors (Lipinski definition) is 2. The molecule has 1 aromatic heterocycles. The summed E-state index contributed by atoms with van der Waals surface area (Å²) in [6, 6.07) is 1.46. The van der Waals surface area contributed by atoms with E-state index < -0.39 is 11.8 Å². The maximum atomic E-state index is 11.2. The predicted molar refractivity (Wildman–Crippen MR) is 69.7 cm³/mol. The molecule has 0 spiro atoms. The van der Waals surface area contributed by atoms with Crippen molar-refractivity contribution in [1.82, 2.24) is 9.97 Å². The number of aromatic amines is 1. The third kappa shape index (κ3) is 7.07. The van der Waals surface area contributed by atoms with E-state index in [1.54, 1.807) is 0 Å². The zero-order valence-corrected chi connectivity index (χ0v) is 11.0. The first-order valence-electron chi connectivity index (χ1n) is 6.37. The number of nitrogens with one attached hydrogen (secondary N) is 2. The fourth-order valence-electron chi connectivity index (χ4n) is 1.41. The standard InChI is InChI=1S/C12H19N3O4/c1-2-3-4-5-6-9-18-12(17)19-15-10-7-8-13-11(16)14-10/h7-8H,2-6,9H2,1H3,(H2,13,14,15,16). The van der Waals surface area contributed by atoms with Crippen LogP contribution >= 0.6 is 0 Å². The van der Waals surface area contributed by atoms with Crippen molar-refractivity contribution < 1.29 is 14.4 Å². The summed E-state index contributed by atoms with van der Waals surface area (Å²) in [7, 11) is 0. The van der Waals surface area contributed by atoms with Crippen LogP contribution in [0, 0.1) is 0 Å². The van der Waals surface area contributed by atoms with Gasteiger partial charge >= 0.3 is 11.8 Å². The summed E-state index contributed by atoms with van der Waals surface area (Å²) in [6.07, 6.45) is 5.92. The molecule has 1 heterocycles. The lowest BCUT2D eigenvalue weighted by molar-refractivity contribution is 0.0701. The number of carbonyl (C=O) groups excluding carboxylic acids is 1. The lowest BCUT2D eigenvalue weighted by Crippen LogP contribution is -2.17. The average Bonchev–Trinajstić information content (AvgIpc) is 2.40. The highest BCUT2D eigenvalue weighted by Gasteiger charge is 2.04. The zero-order valence-electron chi connectivity index (χ0n) is 11.0. The molecule has 0 saturated carbocycles. The van der Waals surface area contributed by atoms with Crippen molar-refractivity contribution in [2.24, 2.45) is 0 Å². The van der Waals surface area contributed by atoms with Gasteiger partial charge in [-0.3, -0.25) is 0 Å². The van der Waals surface area contributed by atoms with Gasteiger partial charge in [-0.25, -0.2) is 9.59 Å². The molecule has 106 valence electrons. The van der Waals surface area contributed by atoms with Crippen LogP contribution in [0.15, 0.2) is 17.1 Å². The van der Waals surface area contributed by atoms with Gasteiger partial charge in [-0.1, -0.05) is 32.6 Å². The first-order chi connectivity index (χ1) is 9.22. The molecule has 1 aromatic rings. The molecule has 0 aromatic carbocycles. The molecule has 0 radical (unpaired) electrons. The number of hydrogen-bond acceptors (Lipinski definition) is 6. The summed E-state index contributed by atoms with van der Waals surface area (Å²) in [6.45, 7) is 2.47. The SMILES string of the molecule is CCCCCCCOC(=O)ONc1cc[nH]c(=O)n1. The smallest absolute Gasteiger partial charge is 0.433 e. The van der Waals surface area contributed by atoms with Crippen molar-refractivity contribution >= 4 is 12.0 Å². The molecule has 0 aliphatic rings. The lowest BCUT2D eigenvalue weighted by atomic mass is 10.2. The zero-order chi connectivity index (χ0) is 13.9. The molecule has 19 heavy (non-hydrogen) atoms. The van der Waals surface area contributed by atoms with Gasteiger partial charge in [-0.2, -0.15) is 10.5 Å². The van der Waals surface area contributed by atoms with Crippen LogP contribution in [0.25, 0.3) is 0 Å². The van der Waals surface area contributed by atoms with Crippen molar-refractivity contribution in [3.8, 4) is 0 Å². The minimum absolute atomic E-state index is 0.142. The van der Waals surface area contributed by atoms with Crippen LogP contribution in [0.2, 0.25) is 0 Å². The summed E-state index contributed by atoms with van der Waals surface area (Å²) >= 11 is 0. The minimum Gasteiger partial charge on any atom is -0.433 e. The summed E-state index contributed by atoms with van der Waals surface area (Å²) in [4.78, 5) is 32.5. The van der Waals surface area contributed by atoms with Crippen LogP contribution in [0.1, 0.15) is 39.0 Å². The van der Waals surface area contributed by atoms with Gasteiger partial charge in [0, 0.05) is 6.20 Å². The van der Waals surface area contributed by atoms with Gasteiger partial charge in [0.1, 0.15) is 0 Å². The molecule has 0 amide bonds. The number of unbranched alkanes of at least 4 members (excludes halogenated alkanes) is 4. The van der Waals surface area contributed by atoms with Crippen molar-refractivity contribution in [2.45, 2.75) is 39.0 Å². The summed E-state index contributed by atoms with van der Waals surface area (Å²) in [5.74, 6) is 0.142. The molecule has 0 atom stereocenters. The maximum Gasteiger partial charge on any atom is 0.533 e. The van der Waals surface area contributed by atoms with E-state index in [2.05, 4.69) is 27.2 Å². The molecule has 2 N–H and O–H groups in total. The van der Waals surface area contributed by atoms with E-state index >= 15 is 0 Å². The van der Waals surface area contributed by atoms with E-state index in [4.69, 9.17) is 4.74 Å². The topological polar surface area (TPSA) is 93.3 Å². The van der Waals surface area contributed by atoms with Crippen molar-refractivity contribution in [2.75, 3.05) is 12.1 Å². The maximum absolute atomic E-state index is 11.2. The molecular weight excluding hydrogens is 250 g/mol. The van der Waals surface area contributed by atoms with Crippen LogP contribution in [-0.2, 0) is 9.57 Å². The Balaban J connectivity index is 2.09. The molecule has 1 rings (SSSR count). The monoisotopic (exact) mass is 269 g/mol. The second-order valence-electron chi connectivity index (χ2n) is 4.00. The number of H-pyrrole nitrogens is 1. The molecule has 0 bridgehead atoms. The second kappa shape index (κ2) is 8.96. The quantitative estimate of drug-likeness (QED) is 0.427. The average molecular weight is 269 g/mol. The largest absolute Gasteiger partial charge is 0.533 e. The number of carbonyl (C=O) groups is 1. The first-order valence-corrected chi connectivity index (χ1v) is 6.37. The second-order valence-corrected chi connectivity index (χ2v) is 4.00. The van der Waals surface area contributed by atoms with E-state index in [1.807, 2.05) is 0 Å². The fraction of sp³-hybridized carbons (Fsp3) is 0.583. The number of rotatable bonds is 8. The Labute approximate surface area is 111 Å². The number of aromatic nitrogens is 2. The Morgan fingerprint density at radius 3 is 2.89 bits per heavy atom. The molecule has 0 aliphatic carbocycles. The Bertz CT molecular complexity index is 433. The van der Waals surface area contributed by atoms with E-state index in [1.165, 1.54) is 25.1 Å². The lowest BCUT2D eigenvalue weighted by Gasteiger charge is -2.06. The van der Waals surface area contributed by atoms with Crippen LogP contribution in [0.5, 0.6) is 0 Å². The highest BCUT2D eigenvalue weighted by atomic mass is 16.8. The van der Waals surface area contributed by atoms with E-state index in [0.29, 0.717) is 6.61 Å². The summed E-state index contributed by atoms with van der Waals surface area (Å²) in [5.41, 5.74) is 1.71. The normalized spacial score (nSPS) is 9.95. The predicted octanol–water partition coefficient (Wildman–Crippen LogP) is 2.22. The van der Waals surface area contributed by atoms with Gasteiger partial charge < -0.3 is 14.6 Å². The summed E-state index contributed by atoms with van der Waals surface area (Å²) in [5, 5.41) is 0. The molecule has 0 aliphatic heterocycles. The summed E-state index contributed by atoms with van der Waals surface area (Å²) < 4.78 is 4.84. The van der Waals surface area contributed by atoms with Gasteiger partial charge in [-0.05, 0) is 12.5 Å². The Morgan fingerprint density at radius 2 is 2.16 bits per heavy atom. The molecular formula is C12H19N3O4. The Hall–Kier alpha value is -2.05. The highest BCUT2D eigenvalue weighted by Crippen LogP contribution is 2.03. The molecule has 0 unspecified atom stereocenters. The van der Waals surface area contributed by atoms with E-state index in [0.717, 1.165) is 19.3 Å². The highest BCUT2D eigenvalue weighted by molar-refractivity contribution is 5.61. The van der Waals surface area contributed by atoms with Gasteiger partial charge in [0.2, 0.25) is 0 Å². The molecule has 0 saturated heterocycles. The van der Waals surface area contributed by atoms with E-state index in [9.17, 15) is 9.59 Å². The third-order valence-corrected chi connectivity index (χ3v) is 2.38. The van der Waals surface area contributed by atoms with E-state index in [-0.39, 0.29) is 5.82 Å². The Kier molecular flexibility index (Phi) is 7.08. The van der Waals surface area contributed by atoms with Crippen LogP contribution in [-0.4, -0.2) is 22.7 Å². The van der Waals surface area contributed by atoms with Crippen molar-refractivity contribution in [1.29, 1.82) is 0 Å². The Morgan fingerprint density at radius 1 is 1.37 bits per heavy atom. The number of anilines is 1. The number of nitrogens with zero attached hydrogens (tertiary/aromatic N) is 1. The van der Waals surface area contributed by atoms with Crippen LogP contribution in [0.3, 0.4) is 0 Å². The molecule has 0 fully saturated rings. The van der Waals surface area contributed by atoms with Gasteiger partial charge in [0.15, 0.2) is 5.82 Å². The van der Waals surface area contributed by atoms with Gasteiger partial charge in [0.05, 0.1) is 6.61 Å². The van der Waals surface area contributed by atoms with Crippen molar-refractivity contribution in [3.05, 3.63) is 22.7 Å². The fourth-order valence-corrected chi connectivity index (χ4v) is 1.41. The molecule has 7 nitrogen and oxygen atoms in total. The van der Waals surface area contributed by atoms with Crippen molar-refractivity contribution in [3.63, 3.8) is 0 Å². The van der Waals surface area contributed by atoms with Gasteiger partial charge in [-0.15, -0.1) is 0 Å². The third-order valence-electron chi connectivity index (χ3n) is 2.38.